The van der Waals surface area contributed by atoms with Crippen molar-refractivity contribution < 1.29 is 0 Å². The van der Waals surface area contributed by atoms with Gasteiger partial charge in [0, 0.05) is 0 Å². The molecule has 0 saturated heterocycles. The van der Waals surface area contributed by atoms with Gasteiger partial charge in [0.15, 0.2) is 0 Å². The molecule has 0 N–H and O–H groups in total. The fourth-order valence-corrected chi connectivity index (χ4v) is 2.19. The number of rotatable bonds is 3. The van der Waals surface area contributed by atoms with Gasteiger partial charge in [0.1, 0.15) is 0 Å². The lowest BCUT2D eigenvalue weighted by Gasteiger charge is -2.10. The molecule has 0 aromatic heterocycles. The zero-order valence-electron chi connectivity index (χ0n) is 11.8. The van der Waals surface area contributed by atoms with E-state index in [0.29, 0.717) is 0 Å². The standard InChI is InChI=1S/C12H18.C6H6/c1-4-10-8-7-9-11(5-2)12(10)6-3;1-2-4-6-5-3-1/h7-9H,4-6H2,1-3H3;1-6H. The van der Waals surface area contributed by atoms with Gasteiger partial charge in [-0.05, 0) is 36.0 Å². The summed E-state index contributed by atoms with van der Waals surface area (Å²) in [5.41, 5.74) is 4.62. The van der Waals surface area contributed by atoms with Crippen LogP contribution in [-0.4, -0.2) is 0 Å². The topological polar surface area (TPSA) is 0 Å². The minimum absolute atomic E-state index is 1.16. The number of hydrogen-bond donors (Lipinski definition) is 0. The van der Waals surface area contributed by atoms with Crippen LogP contribution in [0.15, 0.2) is 54.6 Å². The molecule has 0 bridgehead atoms. The van der Waals surface area contributed by atoms with Crippen LogP contribution in [0.4, 0.5) is 0 Å². The van der Waals surface area contributed by atoms with E-state index >= 15 is 0 Å². The molecule has 0 aliphatic rings. The van der Waals surface area contributed by atoms with Crippen molar-refractivity contribution in [1.29, 1.82) is 0 Å². The maximum absolute atomic E-state index is 2.25. The molecule has 96 valence electrons. The Balaban J connectivity index is 0.000000225. The summed E-state index contributed by atoms with van der Waals surface area (Å²) in [6.07, 6.45) is 3.50. The SMILES string of the molecule is CCc1cccc(CC)c1CC.c1ccccc1. The van der Waals surface area contributed by atoms with Crippen molar-refractivity contribution in [2.45, 2.75) is 40.0 Å². The molecule has 2 aromatic rings. The Morgan fingerprint density at radius 2 is 0.944 bits per heavy atom. The van der Waals surface area contributed by atoms with Crippen LogP contribution < -0.4 is 0 Å². The van der Waals surface area contributed by atoms with E-state index in [1.54, 1.807) is 5.56 Å². The summed E-state index contributed by atoms with van der Waals surface area (Å²) in [5, 5.41) is 0. The molecule has 0 amide bonds. The zero-order chi connectivity index (χ0) is 13.2. The molecule has 0 heteroatoms. The van der Waals surface area contributed by atoms with E-state index in [1.165, 1.54) is 17.5 Å². The van der Waals surface area contributed by atoms with Gasteiger partial charge in [-0.2, -0.15) is 0 Å². The predicted octanol–water partition coefficient (Wildman–Crippen LogP) is 5.06. The molecule has 0 spiro atoms. The van der Waals surface area contributed by atoms with Gasteiger partial charge in [-0.3, -0.25) is 0 Å². The van der Waals surface area contributed by atoms with Crippen LogP contribution in [0.5, 0.6) is 0 Å². The van der Waals surface area contributed by atoms with Crippen LogP contribution in [0.25, 0.3) is 0 Å². The molecule has 0 aliphatic carbocycles. The van der Waals surface area contributed by atoms with Gasteiger partial charge in [-0.15, -0.1) is 0 Å². The van der Waals surface area contributed by atoms with Crippen LogP contribution >= 0.6 is 0 Å². The molecular formula is C18H24. The smallest absolute Gasteiger partial charge is 0.0302 e. The summed E-state index contributed by atoms with van der Waals surface area (Å²) in [7, 11) is 0. The van der Waals surface area contributed by atoms with Crippen molar-refractivity contribution in [3.63, 3.8) is 0 Å². The monoisotopic (exact) mass is 240 g/mol. The van der Waals surface area contributed by atoms with Gasteiger partial charge < -0.3 is 0 Å². The molecule has 2 rings (SSSR count). The van der Waals surface area contributed by atoms with Crippen molar-refractivity contribution >= 4 is 0 Å². The maximum Gasteiger partial charge on any atom is -0.0302 e. The number of benzene rings is 2. The highest BCUT2D eigenvalue weighted by Gasteiger charge is 2.02. The summed E-state index contributed by atoms with van der Waals surface area (Å²) >= 11 is 0. The maximum atomic E-state index is 2.25. The van der Waals surface area contributed by atoms with Gasteiger partial charge >= 0.3 is 0 Å². The second-order valence-electron chi connectivity index (χ2n) is 4.27. The minimum atomic E-state index is 1.16. The molecule has 0 fully saturated rings. The fraction of sp³-hybridized carbons (Fsp3) is 0.333. The van der Waals surface area contributed by atoms with Gasteiger partial charge in [-0.25, -0.2) is 0 Å². The highest BCUT2D eigenvalue weighted by Crippen LogP contribution is 2.16. The van der Waals surface area contributed by atoms with Gasteiger partial charge in [0.05, 0.1) is 0 Å². The van der Waals surface area contributed by atoms with Crippen LogP contribution in [0.2, 0.25) is 0 Å². The first-order chi connectivity index (χ1) is 8.83. The van der Waals surface area contributed by atoms with Crippen molar-refractivity contribution in [1.82, 2.24) is 0 Å². The quantitative estimate of drug-likeness (QED) is 0.703. The third-order valence-corrected chi connectivity index (χ3v) is 3.15. The van der Waals surface area contributed by atoms with E-state index in [9.17, 15) is 0 Å². The minimum Gasteiger partial charge on any atom is -0.0623 e. The summed E-state index contributed by atoms with van der Waals surface area (Å²) in [5.74, 6) is 0. The van der Waals surface area contributed by atoms with Crippen LogP contribution in [0.1, 0.15) is 37.5 Å². The summed E-state index contributed by atoms with van der Waals surface area (Å²) in [4.78, 5) is 0. The molecule has 2 aromatic carbocycles. The van der Waals surface area contributed by atoms with E-state index in [4.69, 9.17) is 0 Å². The van der Waals surface area contributed by atoms with E-state index in [1.807, 2.05) is 36.4 Å². The van der Waals surface area contributed by atoms with E-state index < -0.39 is 0 Å². The molecule has 0 atom stereocenters. The Morgan fingerprint density at radius 3 is 1.22 bits per heavy atom. The van der Waals surface area contributed by atoms with Gasteiger partial charge in [0.25, 0.3) is 0 Å². The van der Waals surface area contributed by atoms with Crippen LogP contribution in [0.3, 0.4) is 0 Å². The summed E-state index contributed by atoms with van der Waals surface area (Å²) in [6.45, 7) is 6.70. The van der Waals surface area contributed by atoms with Crippen LogP contribution in [-0.2, 0) is 19.3 Å². The number of aryl methyl sites for hydroxylation is 2. The third kappa shape index (κ3) is 4.37. The normalized spacial score (nSPS) is 9.50. The Hall–Kier alpha value is -1.56. The highest BCUT2D eigenvalue weighted by atomic mass is 14.1. The first-order valence-electron chi connectivity index (χ1n) is 6.93. The van der Waals surface area contributed by atoms with E-state index in [0.717, 1.165) is 12.8 Å². The Morgan fingerprint density at radius 1 is 0.556 bits per heavy atom. The fourth-order valence-electron chi connectivity index (χ4n) is 2.19. The van der Waals surface area contributed by atoms with E-state index in [-0.39, 0.29) is 0 Å². The first kappa shape index (κ1) is 14.5. The first-order valence-corrected chi connectivity index (χ1v) is 6.93. The van der Waals surface area contributed by atoms with Gasteiger partial charge in [0.2, 0.25) is 0 Å². The molecular weight excluding hydrogens is 216 g/mol. The highest BCUT2D eigenvalue weighted by molar-refractivity contribution is 5.35. The zero-order valence-corrected chi connectivity index (χ0v) is 11.8. The largest absolute Gasteiger partial charge is 0.0623 e. The van der Waals surface area contributed by atoms with Crippen molar-refractivity contribution in [2.75, 3.05) is 0 Å². The Kier molecular flexibility index (Phi) is 6.86. The number of hydrogen-bond acceptors (Lipinski definition) is 0. The van der Waals surface area contributed by atoms with E-state index in [2.05, 4.69) is 39.0 Å². The summed E-state index contributed by atoms with van der Waals surface area (Å²) in [6, 6.07) is 18.7. The second kappa shape index (κ2) is 8.52. The lowest BCUT2D eigenvalue weighted by atomic mass is 9.96. The average Bonchev–Trinajstić information content (AvgIpc) is 2.48. The average molecular weight is 240 g/mol. The molecule has 18 heavy (non-hydrogen) atoms. The van der Waals surface area contributed by atoms with Crippen molar-refractivity contribution in [3.05, 3.63) is 71.3 Å². The molecule has 0 nitrogen and oxygen atoms in total. The predicted molar refractivity (Wildman–Crippen MR) is 81.0 cm³/mol. The second-order valence-corrected chi connectivity index (χ2v) is 4.27. The molecule has 0 radical (unpaired) electrons. The Bertz CT molecular complexity index is 380. The van der Waals surface area contributed by atoms with Crippen molar-refractivity contribution in [3.8, 4) is 0 Å². The lowest BCUT2D eigenvalue weighted by molar-refractivity contribution is 0.981. The van der Waals surface area contributed by atoms with Crippen LogP contribution in [0, 0.1) is 0 Å². The molecule has 0 heterocycles. The Labute approximate surface area is 112 Å². The summed E-state index contributed by atoms with van der Waals surface area (Å²) < 4.78 is 0. The van der Waals surface area contributed by atoms with Crippen molar-refractivity contribution in [2.24, 2.45) is 0 Å². The lowest BCUT2D eigenvalue weighted by Crippen LogP contribution is -1.96. The third-order valence-electron chi connectivity index (χ3n) is 3.15. The molecule has 0 aliphatic heterocycles. The van der Waals surface area contributed by atoms with Gasteiger partial charge in [-0.1, -0.05) is 75.4 Å². The molecule has 0 unspecified atom stereocenters. The molecule has 0 saturated carbocycles.